The van der Waals surface area contributed by atoms with E-state index in [1.165, 1.54) is 0 Å². The molecule has 2 heterocycles. The van der Waals surface area contributed by atoms with Crippen LogP contribution in [0.15, 0.2) is 18.2 Å². The van der Waals surface area contributed by atoms with Gasteiger partial charge in [-0.05, 0) is 12.1 Å². The summed E-state index contributed by atoms with van der Waals surface area (Å²) in [7, 11) is 3.84. The van der Waals surface area contributed by atoms with Gasteiger partial charge in [-0.25, -0.2) is 4.98 Å². The van der Waals surface area contributed by atoms with Crippen LogP contribution in [0, 0.1) is 0 Å². The minimum Gasteiger partial charge on any atom is -0.363 e. The van der Waals surface area contributed by atoms with Crippen LogP contribution in [0.1, 0.15) is 10.5 Å². The molecule has 0 saturated carbocycles. The maximum Gasteiger partial charge on any atom is 0.272 e. The monoisotopic (exact) mass is 234 g/mol. The van der Waals surface area contributed by atoms with Crippen LogP contribution in [0.25, 0.3) is 0 Å². The maximum absolute atomic E-state index is 12.2. The Morgan fingerprint density at radius 1 is 1.35 bits per heavy atom. The molecular formula is C12H18N4O. The van der Waals surface area contributed by atoms with E-state index in [9.17, 15) is 4.79 Å². The lowest BCUT2D eigenvalue weighted by molar-refractivity contribution is 0.0730. The Bertz CT molecular complexity index is 399. The van der Waals surface area contributed by atoms with Crippen molar-refractivity contribution in [3.8, 4) is 0 Å². The standard InChI is InChI=1S/C12H18N4O/c1-15(2)11-5-3-4-10(14-11)12(17)16-8-6-13-7-9-16/h3-5,13H,6-9H2,1-2H3. The van der Waals surface area contributed by atoms with Gasteiger partial charge in [0.05, 0.1) is 0 Å². The number of nitrogens with one attached hydrogen (secondary N) is 1. The zero-order chi connectivity index (χ0) is 12.3. The van der Waals surface area contributed by atoms with E-state index in [0.29, 0.717) is 5.69 Å². The van der Waals surface area contributed by atoms with Crippen LogP contribution in [-0.4, -0.2) is 56.1 Å². The minimum absolute atomic E-state index is 0.0233. The van der Waals surface area contributed by atoms with E-state index in [4.69, 9.17) is 0 Å². The third-order valence-electron chi connectivity index (χ3n) is 2.82. The van der Waals surface area contributed by atoms with Crippen molar-refractivity contribution >= 4 is 11.7 Å². The molecule has 1 aromatic heterocycles. The highest BCUT2D eigenvalue weighted by atomic mass is 16.2. The van der Waals surface area contributed by atoms with E-state index in [1.807, 2.05) is 36.0 Å². The molecule has 2 rings (SSSR count). The molecule has 1 fully saturated rings. The molecular weight excluding hydrogens is 216 g/mol. The first-order valence-electron chi connectivity index (χ1n) is 5.83. The van der Waals surface area contributed by atoms with Gasteiger partial charge in [0.1, 0.15) is 11.5 Å². The molecule has 1 amide bonds. The molecule has 1 aliphatic rings. The molecule has 0 aliphatic carbocycles. The summed E-state index contributed by atoms with van der Waals surface area (Å²) in [5, 5.41) is 3.23. The number of hydrogen-bond acceptors (Lipinski definition) is 4. The van der Waals surface area contributed by atoms with Crippen molar-refractivity contribution < 1.29 is 4.79 Å². The van der Waals surface area contributed by atoms with E-state index < -0.39 is 0 Å². The van der Waals surface area contributed by atoms with Gasteiger partial charge in [-0.3, -0.25) is 4.79 Å². The molecule has 0 radical (unpaired) electrons. The summed E-state index contributed by atoms with van der Waals surface area (Å²) in [6.07, 6.45) is 0. The van der Waals surface area contributed by atoms with Crippen molar-refractivity contribution in [2.45, 2.75) is 0 Å². The summed E-state index contributed by atoms with van der Waals surface area (Å²) in [4.78, 5) is 20.3. The molecule has 1 aromatic rings. The van der Waals surface area contributed by atoms with Gasteiger partial charge in [0.15, 0.2) is 0 Å². The van der Waals surface area contributed by atoms with E-state index in [1.54, 1.807) is 6.07 Å². The molecule has 0 spiro atoms. The van der Waals surface area contributed by atoms with Gasteiger partial charge in [-0.15, -0.1) is 0 Å². The fourth-order valence-electron chi connectivity index (χ4n) is 1.82. The Morgan fingerprint density at radius 3 is 2.71 bits per heavy atom. The smallest absolute Gasteiger partial charge is 0.272 e. The molecule has 0 aromatic carbocycles. The Hall–Kier alpha value is -1.62. The number of nitrogens with zero attached hydrogens (tertiary/aromatic N) is 3. The largest absolute Gasteiger partial charge is 0.363 e. The fourth-order valence-corrected chi connectivity index (χ4v) is 1.82. The van der Waals surface area contributed by atoms with Gasteiger partial charge in [0.2, 0.25) is 0 Å². The van der Waals surface area contributed by atoms with Crippen molar-refractivity contribution in [3.05, 3.63) is 23.9 Å². The Morgan fingerprint density at radius 2 is 2.06 bits per heavy atom. The fraction of sp³-hybridized carbons (Fsp3) is 0.500. The first-order valence-corrected chi connectivity index (χ1v) is 5.83. The molecule has 5 heteroatoms. The lowest BCUT2D eigenvalue weighted by Gasteiger charge is -2.27. The number of piperazine rings is 1. The molecule has 0 unspecified atom stereocenters. The van der Waals surface area contributed by atoms with Crippen LogP contribution in [-0.2, 0) is 0 Å². The Kier molecular flexibility index (Phi) is 3.58. The van der Waals surface area contributed by atoms with Gasteiger partial charge >= 0.3 is 0 Å². The molecule has 1 saturated heterocycles. The van der Waals surface area contributed by atoms with Gasteiger partial charge in [0.25, 0.3) is 5.91 Å². The minimum atomic E-state index is 0.0233. The van der Waals surface area contributed by atoms with Gasteiger partial charge in [0, 0.05) is 40.3 Å². The SMILES string of the molecule is CN(C)c1cccc(C(=O)N2CCNCC2)n1. The third kappa shape index (κ3) is 2.74. The van der Waals surface area contributed by atoms with Gasteiger partial charge in [-0.2, -0.15) is 0 Å². The molecule has 1 aliphatic heterocycles. The number of rotatable bonds is 2. The topological polar surface area (TPSA) is 48.5 Å². The molecule has 92 valence electrons. The highest BCUT2D eigenvalue weighted by Gasteiger charge is 2.19. The number of carbonyl (C=O) groups is 1. The van der Waals surface area contributed by atoms with Crippen molar-refractivity contribution in [2.24, 2.45) is 0 Å². The maximum atomic E-state index is 12.2. The average Bonchev–Trinajstić information content (AvgIpc) is 2.39. The highest BCUT2D eigenvalue weighted by Crippen LogP contribution is 2.10. The van der Waals surface area contributed by atoms with E-state index in [2.05, 4.69) is 10.3 Å². The summed E-state index contributed by atoms with van der Waals surface area (Å²) in [5.74, 6) is 0.834. The normalized spacial score (nSPS) is 15.8. The number of anilines is 1. The summed E-state index contributed by atoms with van der Waals surface area (Å²) in [6.45, 7) is 3.23. The van der Waals surface area contributed by atoms with Crippen molar-refractivity contribution in [3.63, 3.8) is 0 Å². The van der Waals surface area contributed by atoms with Crippen molar-refractivity contribution in [1.82, 2.24) is 15.2 Å². The zero-order valence-corrected chi connectivity index (χ0v) is 10.3. The van der Waals surface area contributed by atoms with Crippen LogP contribution in [0.2, 0.25) is 0 Å². The first-order chi connectivity index (χ1) is 8.18. The van der Waals surface area contributed by atoms with E-state index in [-0.39, 0.29) is 5.91 Å². The number of aromatic nitrogens is 1. The lowest BCUT2D eigenvalue weighted by atomic mass is 10.2. The summed E-state index contributed by atoms with van der Waals surface area (Å²) in [6, 6.07) is 5.55. The number of amides is 1. The predicted octanol–water partition coefficient (Wildman–Crippen LogP) is 0.193. The number of hydrogen-bond donors (Lipinski definition) is 1. The third-order valence-corrected chi connectivity index (χ3v) is 2.82. The van der Waals surface area contributed by atoms with E-state index >= 15 is 0 Å². The quantitative estimate of drug-likeness (QED) is 0.794. The molecule has 17 heavy (non-hydrogen) atoms. The second-order valence-corrected chi connectivity index (χ2v) is 4.32. The average molecular weight is 234 g/mol. The summed E-state index contributed by atoms with van der Waals surface area (Å²) in [5.41, 5.74) is 0.526. The number of pyridine rings is 1. The highest BCUT2D eigenvalue weighted by molar-refractivity contribution is 5.92. The van der Waals surface area contributed by atoms with Crippen molar-refractivity contribution in [2.75, 3.05) is 45.2 Å². The second-order valence-electron chi connectivity index (χ2n) is 4.32. The van der Waals surface area contributed by atoms with Crippen LogP contribution in [0.4, 0.5) is 5.82 Å². The van der Waals surface area contributed by atoms with Crippen LogP contribution >= 0.6 is 0 Å². The summed E-state index contributed by atoms with van der Waals surface area (Å²) >= 11 is 0. The van der Waals surface area contributed by atoms with Crippen LogP contribution in [0.5, 0.6) is 0 Å². The Labute approximate surface area is 101 Å². The molecule has 1 N–H and O–H groups in total. The second kappa shape index (κ2) is 5.14. The number of carbonyl (C=O) groups excluding carboxylic acids is 1. The lowest BCUT2D eigenvalue weighted by Crippen LogP contribution is -2.46. The summed E-state index contributed by atoms with van der Waals surface area (Å²) < 4.78 is 0. The molecule has 0 atom stereocenters. The van der Waals surface area contributed by atoms with Gasteiger partial charge < -0.3 is 15.1 Å². The predicted molar refractivity (Wildman–Crippen MR) is 67.3 cm³/mol. The van der Waals surface area contributed by atoms with Gasteiger partial charge in [-0.1, -0.05) is 6.07 Å². The van der Waals surface area contributed by atoms with Crippen molar-refractivity contribution in [1.29, 1.82) is 0 Å². The van der Waals surface area contributed by atoms with Crippen LogP contribution < -0.4 is 10.2 Å². The molecule has 5 nitrogen and oxygen atoms in total. The molecule has 0 bridgehead atoms. The van der Waals surface area contributed by atoms with E-state index in [0.717, 1.165) is 32.0 Å². The van der Waals surface area contributed by atoms with Crippen LogP contribution in [0.3, 0.4) is 0 Å². The zero-order valence-electron chi connectivity index (χ0n) is 10.3. The first kappa shape index (κ1) is 11.9. The Balaban J connectivity index is 2.15.